The lowest BCUT2D eigenvalue weighted by Gasteiger charge is -2.26. The molecule has 2 aliphatic rings. The first-order valence-electron chi connectivity index (χ1n) is 9.12. The van der Waals surface area contributed by atoms with Crippen molar-refractivity contribution < 1.29 is 9.59 Å². The zero-order valence-electron chi connectivity index (χ0n) is 15.2. The summed E-state index contributed by atoms with van der Waals surface area (Å²) in [6.07, 6.45) is 8.70. The number of carbonyl (C=O) groups is 2. The van der Waals surface area contributed by atoms with E-state index >= 15 is 0 Å². The molecule has 5 nitrogen and oxygen atoms in total. The van der Waals surface area contributed by atoms with Crippen LogP contribution in [0.25, 0.3) is 0 Å². The van der Waals surface area contributed by atoms with Gasteiger partial charge in [0.15, 0.2) is 0 Å². The molecular weight excluding hydrogens is 314 g/mol. The second kappa shape index (κ2) is 7.38. The number of hydrogen-bond acceptors (Lipinski definition) is 3. The van der Waals surface area contributed by atoms with Crippen LogP contribution >= 0.6 is 0 Å². The molecule has 2 amide bonds. The second-order valence-electron chi connectivity index (χ2n) is 7.51. The lowest BCUT2D eigenvalue weighted by atomic mass is 9.79. The summed E-state index contributed by atoms with van der Waals surface area (Å²) in [7, 11) is 0. The zero-order chi connectivity index (χ0) is 17.9. The van der Waals surface area contributed by atoms with Crippen molar-refractivity contribution in [3.63, 3.8) is 0 Å². The molecule has 0 aromatic carbocycles. The maximum atomic E-state index is 13.1. The van der Waals surface area contributed by atoms with Crippen molar-refractivity contribution >= 4 is 11.8 Å². The molecule has 1 atom stereocenters. The van der Waals surface area contributed by atoms with Gasteiger partial charge < -0.3 is 9.80 Å². The summed E-state index contributed by atoms with van der Waals surface area (Å²) in [5, 5.41) is 0. The van der Waals surface area contributed by atoms with Crippen molar-refractivity contribution in [3.05, 3.63) is 41.7 Å². The molecule has 0 radical (unpaired) electrons. The van der Waals surface area contributed by atoms with Gasteiger partial charge in [0, 0.05) is 44.6 Å². The number of rotatable bonds is 3. The Kier molecular flexibility index (Phi) is 5.21. The molecule has 0 unspecified atom stereocenters. The van der Waals surface area contributed by atoms with Crippen molar-refractivity contribution in [2.24, 2.45) is 5.41 Å². The van der Waals surface area contributed by atoms with E-state index in [9.17, 15) is 9.59 Å². The molecule has 2 saturated heterocycles. The lowest BCUT2D eigenvalue weighted by molar-refractivity contribution is -0.137. The molecule has 1 aromatic rings. The monoisotopic (exact) mass is 341 g/mol. The van der Waals surface area contributed by atoms with Crippen molar-refractivity contribution in [3.8, 4) is 0 Å². The number of nitrogens with zero attached hydrogens (tertiary/aromatic N) is 3. The van der Waals surface area contributed by atoms with Crippen LogP contribution in [0.15, 0.2) is 36.2 Å². The summed E-state index contributed by atoms with van der Waals surface area (Å²) < 4.78 is 0. The molecule has 1 aromatic heterocycles. The van der Waals surface area contributed by atoms with Gasteiger partial charge in [-0.2, -0.15) is 0 Å². The highest BCUT2D eigenvalue weighted by Crippen LogP contribution is 2.42. The average molecular weight is 341 g/mol. The zero-order valence-corrected chi connectivity index (χ0v) is 15.2. The van der Waals surface area contributed by atoms with Crippen LogP contribution in [-0.2, 0) is 16.1 Å². The number of aromatic nitrogens is 1. The Morgan fingerprint density at radius 3 is 2.60 bits per heavy atom. The summed E-state index contributed by atoms with van der Waals surface area (Å²) in [6.45, 7) is 6.77. The van der Waals surface area contributed by atoms with Crippen molar-refractivity contribution in [2.75, 3.05) is 19.6 Å². The third kappa shape index (κ3) is 3.91. The molecule has 2 fully saturated rings. The van der Waals surface area contributed by atoms with Crippen LogP contribution in [0.2, 0.25) is 0 Å². The van der Waals surface area contributed by atoms with Crippen molar-refractivity contribution in [1.82, 2.24) is 14.8 Å². The maximum Gasteiger partial charge on any atom is 0.246 e. The van der Waals surface area contributed by atoms with Gasteiger partial charge in [0.1, 0.15) is 0 Å². The second-order valence-corrected chi connectivity index (χ2v) is 7.51. The summed E-state index contributed by atoms with van der Waals surface area (Å²) in [5.41, 5.74) is 1.87. The van der Waals surface area contributed by atoms with Gasteiger partial charge in [0.2, 0.25) is 11.8 Å². The molecule has 25 heavy (non-hydrogen) atoms. The van der Waals surface area contributed by atoms with Crippen LogP contribution < -0.4 is 0 Å². The number of amides is 2. The number of pyridine rings is 1. The first-order valence-corrected chi connectivity index (χ1v) is 9.12. The van der Waals surface area contributed by atoms with E-state index in [1.807, 2.05) is 35.8 Å². The van der Waals surface area contributed by atoms with Gasteiger partial charge in [-0.1, -0.05) is 5.57 Å². The molecule has 0 aliphatic carbocycles. The van der Waals surface area contributed by atoms with E-state index in [0.29, 0.717) is 13.1 Å². The maximum absolute atomic E-state index is 13.1. The fourth-order valence-corrected chi connectivity index (χ4v) is 3.97. The van der Waals surface area contributed by atoms with Crippen LogP contribution in [-0.4, -0.2) is 46.2 Å². The number of allylic oxidation sites excluding steroid dienone is 1. The van der Waals surface area contributed by atoms with Gasteiger partial charge in [0.05, 0.1) is 5.41 Å². The van der Waals surface area contributed by atoms with Gasteiger partial charge in [-0.25, -0.2) is 0 Å². The molecular formula is C20H27N3O2. The van der Waals surface area contributed by atoms with Crippen LogP contribution in [0.4, 0.5) is 0 Å². The fraction of sp³-hybridized carbons (Fsp3) is 0.550. The highest BCUT2D eigenvalue weighted by molar-refractivity contribution is 5.88. The van der Waals surface area contributed by atoms with E-state index in [1.165, 1.54) is 0 Å². The predicted molar refractivity (Wildman–Crippen MR) is 96.6 cm³/mol. The third-order valence-electron chi connectivity index (χ3n) is 5.39. The van der Waals surface area contributed by atoms with E-state index < -0.39 is 0 Å². The Labute approximate surface area is 149 Å². The lowest BCUT2D eigenvalue weighted by Crippen LogP contribution is -2.36. The predicted octanol–water partition coefficient (Wildman–Crippen LogP) is 2.78. The smallest absolute Gasteiger partial charge is 0.246 e. The minimum atomic E-state index is -0.271. The summed E-state index contributed by atoms with van der Waals surface area (Å²) in [6, 6.07) is 3.93. The van der Waals surface area contributed by atoms with Crippen molar-refractivity contribution in [2.45, 2.75) is 46.1 Å². The third-order valence-corrected chi connectivity index (χ3v) is 5.39. The van der Waals surface area contributed by atoms with E-state index in [4.69, 9.17) is 0 Å². The van der Waals surface area contributed by atoms with E-state index in [-0.39, 0.29) is 17.2 Å². The van der Waals surface area contributed by atoms with E-state index in [2.05, 4.69) is 4.98 Å². The standard InChI is InChI=1S/C20H27N3O2/c1-16(2)14-18(24)22-11-3-6-20(7-12-22)8-13-23(19(20)25)15-17-4-9-21-10-5-17/h4-5,9-10,14H,3,6-8,11-13,15H2,1-2H3/t20-/m0/s1. The van der Waals surface area contributed by atoms with Gasteiger partial charge in [-0.3, -0.25) is 14.6 Å². The summed E-state index contributed by atoms with van der Waals surface area (Å²) >= 11 is 0. The molecule has 3 rings (SSSR count). The molecule has 134 valence electrons. The number of carbonyl (C=O) groups excluding carboxylic acids is 2. The Morgan fingerprint density at radius 1 is 1.16 bits per heavy atom. The number of hydrogen-bond donors (Lipinski definition) is 0. The van der Waals surface area contributed by atoms with Gasteiger partial charge in [-0.15, -0.1) is 0 Å². The average Bonchev–Trinajstić information content (AvgIpc) is 2.76. The minimum absolute atomic E-state index is 0.0798. The van der Waals surface area contributed by atoms with Gasteiger partial charge >= 0.3 is 0 Å². The highest BCUT2D eigenvalue weighted by Gasteiger charge is 2.46. The Hall–Kier alpha value is -2.17. The largest absolute Gasteiger partial charge is 0.339 e. The molecule has 1 spiro atoms. The van der Waals surface area contributed by atoms with Crippen LogP contribution in [0.5, 0.6) is 0 Å². The Bertz CT molecular complexity index is 667. The molecule has 0 N–H and O–H groups in total. The SMILES string of the molecule is CC(C)=CC(=O)N1CCC[C@]2(CC1)CCN(Cc1ccncc1)C2=O. The Morgan fingerprint density at radius 2 is 1.88 bits per heavy atom. The van der Waals surface area contributed by atoms with Crippen LogP contribution in [0.3, 0.4) is 0 Å². The molecule has 0 saturated carbocycles. The molecule has 3 heterocycles. The Balaban J connectivity index is 1.66. The first kappa shape index (κ1) is 17.6. The first-order chi connectivity index (χ1) is 12.0. The fourth-order valence-electron chi connectivity index (χ4n) is 3.97. The van der Waals surface area contributed by atoms with Crippen molar-refractivity contribution in [1.29, 1.82) is 0 Å². The van der Waals surface area contributed by atoms with Crippen LogP contribution in [0.1, 0.15) is 45.1 Å². The topological polar surface area (TPSA) is 53.5 Å². The summed E-state index contributed by atoms with van der Waals surface area (Å²) in [4.78, 5) is 33.3. The van der Waals surface area contributed by atoms with E-state index in [0.717, 1.165) is 49.9 Å². The molecule has 0 bridgehead atoms. The van der Waals surface area contributed by atoms with E-state index in [1.54, 1.807) is 18.5 Å². The quantitative estimate of drug-likeness (QED) is 0.795. The number of likely N-dealkylation sites (tertiary alicyclic amines) is 2. The van der Waals surface area contributed by atoms with Gasteiger partial charge in [-0.05, 0) is 57.2 Å². The normalized spacial score (nSPS) is 23.7. The highest BCUT2D eigenvalue weighted by atomic mass is 16.2. The minimum Gasteiger partial charge on any atom is -0.339 e. The summed E-state index contributed by atoms with van der Waals surface area (Å²) in [5.74, 6) is 0.344. The molecule has 2 aliphatic heterocycles. The van der Waals surface area contributed by atoms with Gasteiger partial charge in [0.25, 0.3) is 0 Å². The molecule has 5 heteroatoms. The van der Waals surface area contributed by atoms with Crippen LogP contribution in [0, 0.1) is 5.41 Å².